The van der Waals surface area contributed by atoms with Crippen molar-refractivity contribution in [2.75, 3.05) is 10.7 Å². The number of nitrogens with zero attached hydrogens (tertiary/aromatic N) is 5. The summed E-state index contributed by atoms with van der Waals surface area (Å²) in [5.41, 5.74) is 0.740. The number of thioether (sulfide) groups is 1. The molecule has 2 N–H and O–H groups in total. The molecule has 2 heterocycles. The molecule has 206 valence electrons. The summed E-state index contributed by atoms with van der Waals surface area (Å²) >= 11 is 1.43. The summed E-state index contributed by atoms with van der Waals surface area (Å²) in [6.45, 7) is 5.30. The van der Waals surface area contributed by atoms with Crippen molar-refractivity contribution in [1.82, 2.24) is 25.1 Å². The van der Waals surface area contributed by atoms with Crippen LogP contribution in [0.2, 0.25) is 0 Å². The summed E-state index contributed by atoms with van der Waals surface area (Å²) in [4.78, 5) is 48.3. The SMILES string of the molecule is CC(C)(C)OC(=O)N(c1ccc2c(cnn2C(=O)O)c1)c1ccnc(-c2cccc(SCC(=O)NC3CC3)c2)n1. The van der Waals surface area contributed by atoms with Crippen molar-refractivity contribution < 1.29 is 24.2 Å². The van der Waals surface area contributed by atoms with Gasteiger partial charge in [0, 0.05) is 28.1 Å². The highest BCUT2D eigenvalue weighted by Gasteiger charge is 2.27. The maximum Gasteiger partial charge on any atom is 0.432 e. The van der Waals surface area contributed by atoms with Crippen molar-refractivity contribution in [3.63, 3.8) is 0 Å². The fourth-order valence-corrected chi connectivity index (χ4v) is 4.70. The smallest absolute Gasteiger partial charge is 0.432 e. The highest BCUT2D eigenvalue weighted by molar-refractivity contribution is 8.00. The number of fused-ring (bicyclic) bond motifs is 1. The number of ether oxygens (including phenoxy) is 1. The molecule has 1 saturated carbocycles. The molecule has 2 amide bonds. The zero-order valence-electron chi connectivity index (χ0n) is 22.2. The normalized spacial score (nSPS) is 13.2. The molecule has 12 heteroatoms. The predicted molar refractivity (Wildman–Crippen MR) is 151 cm³/mol. The van der Waals surface area contributed by atoms with Crippen LogP contribution < -0.4 is 10.2 Å². The number of carbonyl (C=O) groups is 3. The third-order valence-electron chi connectivity index (χ3n) is 5.84. The molecule has 0 radical (unpaired) electrons. The molecule has 4 aromatic rings. The van der Waals surface area contributed by atoms with E-state index >= 15 is 0 Å². The summed E-state index contributed by atoms with van der Waals surface area (Å²) in [7, 11) is 0. The molecular weight excluding hydrogens is 532 g/mol. The number of nitrogens with one attached hydrogen (secondary N) is 1. The highest BCUT2D eigenvalue weighted by atomic mass is 32.2. The Kier molecular flexibility index (Phi) is 7.44. The molecule has 2 aromatic carbocycles. The van der Waals surface area contributed by atoms with Crippen LogP contribution in [0.25, 0.3) is 22.3 Å². The number of benzene rings is 2. The zero-order valence-corrected chi connectivity index (χ0v) is 23.0. The zero-order chi connectivity index (χ0) is 28.4. The average molecular weight is 561 g/mol. The number of anilines is 2. The summed E-state index contributed by atoms with van der Waals surface area (Å²) in [5, 5.41) is 16.8. The molecule has 5 rings (SSSR count). The van der Waals surface area contributed by atoms with Crippen molar-refractivity contribution in [2.45, 2.75) is 50.2 Å². The van der Waals surface area contributed by atoms with E-state index in [1.807, 2.05) is 24.3 Å². The fourth-order valence-electron chi connectivity index (χ4n) is 3.93. The quantitative estimate of drug-likeness (QED) is 0.282. The van der Waals surface area contributed by atoms with Crippen molar-refractivity contribution in [2.24, 2.45) is 0 Å². The number of carboxylic acid groups (broad SMARTS) is 1. The Morgan fingerprint density at radius 1 is 1.15 bits per heavy atom. The fraction of sp³-hybridized carbons (Fsp3) is 0.286. The summed E-state index contributed by atoms with van der Waals surface area (Å²) in [6.07, 6.45) is 3.18. The van der Waals surface area contributed by atoms with Gasteiger partial charge >= 0.3 is 12.2 Å². The number of carbonyl (C=O) groups excluding carboxylic acids is 2. The van der Waals surface area contributed by atoms with Crippen LogP contribution in [0.5, 0.6) is 0 Å². The molecule has 1 aliphatic rings. The monoisotopic (exact) mass is 560 g/mol. The molecule has 0 aliphatic heterocycles. The third-order valence-corrected chi connectivity index (χ3v) is 6.84. The van der Waals surface area contributed by atoms with E-state index in [4.69, 9.17) is 4.74 Å². The standard InChI is InChI=1S/C28H28N6O5S/c1-28(2,3)39-27(38)33(20-9-10-22-18(13-20)15-30-34(22)26(36)37)23-11-12-29-25(32-23)17-5-4-6-21(14-17)40-16-24(35)31-19-7-8-19/h4-6,9-15,19H,7-8,16H2,1-3H3,(H,31,35)(H,36,37). The van der Waals surface area contributed by atoms with Gasteiger partial charge in [-0.15, -0.1) is 11.8 Å². The van der Waals surface area contributed by atoms with Crippen LogP contribution in [0.15, 0.2) is 65.8 Å². The molecule has 1 fully saturated rings. The first-order chi connectivity index (χ1) is 19.1. The van der Waals surface area contributed by atoms with E-state index in [0.29, 0.717) is 34.2 Å². The predicted octanol–water partition coefficient (Wildman–Crippen LogP) is 5.46. The van der Waals surface area contributed by atoms with Crippen LogP contribution in [-0.2, 0) is 9.53 Å². The van der Waals surface area contributed by atoms with Crippen LogP contribution in [-0.4, -0.2) is 60.3 Å². The van der Waals surface area contributed by atoms with Crippen molar-refractivity contribution in [3.05, 3.63) is 60.9 Å². The largest absolute Gasteiger partial charge is 0.463 e. The first kappa shape index (κ1) is 27.1. The average Bonchev–Trinajstić information content (AvgIpc) is 3.61. The lowest BCUT2D eigenvalue weighted by atomic mass is 10.2. The molecule has 40 heavy (non-hydrogen) atoms. The lowest BCUT2D eigenvalue weighted by Gasteiger charge is -2.27. The second-order valence-corrected chi connectivity index (χ2v) is 11.3. The Morgan fingerprint density at radius 2 is 1.95 bits per heavy atom. The maximum absolute atomic E-state index is 13.4. The Morgan fingerprint density at radius 3 is 2.67 bits per heavy atom. The minimum absolute atomic E-state index is 0.00928. The van der Waals surface area contributed by atoms with E-state index in [1.165, 1.54) is 22.9 Å². The lowest BCUT2D eigenvalue weighted by Crippen LogP contribution is -2.34. The van der Waals surface area contributed by atoms with Crippen LogP contribution in [0.3, 0.4) is 0 Å². The van der Waals surface area contributed by atoms with Gasteiger partial charge in [-0.3, -0.25) is 4.79 Å². The molecule has 0 spiro atoms. The number of amides is 2. The van der Waals surface area contributed by atoms with E-state index in [-0.39, 0.29) is 11.7 Å². The van der Waals surface area contributed by atoms with Crippen LogP contribution in [0.4, 0.5) is 21.1 Å². The number of aromatic nitrogens is 4. The molecule has 0 unspecified atom stereocenters. The van der Waals surface area contributed by atoms with E-state index < -0.39 is 17.8 Å². The Hall–Kier alpha value is -4.45. The number of hydrogen-bond donors (Lipinski definition) is 2. The molecular formula is C28H28N6O5S. The molecule has 0 bridgehead atoms. The minimum atomic E-state index is -1.21. The second kappa shape index (κ2) is 11.0. The molecule has 2 aromatic heterocycles. The summed E-state index contributed by atoms with van der Waals surface area (Å²) < 4.78 is 6.55. The summed E-state index contributed by atoms with van der Waals surface area (Å²) in [5.74, 6) is 0.977. The van der Waals surface area contributed by atoms with E-state index in [2.05, 4.69) is 20.4 Å². The number of rotatable bonds is 7. The topological polar surface area (TPSA) is 140 Å². The Labute approximate surface area is 234 Å². The lowest BCUT2D eigenvalue weighted by molar-refractivity contribution is -0.118. The maximum atomic E-state index is 13.4. The Balaban J connectivity index is 1.46. The van der Waals surface area contributed by atoms with E-state index in [9.17, 15) is 19.5 Å². The first-order valence-electron chi connectivity index (χ1n) is 12.7. The summed E-state index contributed by atoms with van der Waals surface area (Å²) in [6, 6.07) is 14.3. The van der Waals surface area contributed by atoms with Gasteiger partial charge in [0.1, 0.15) is 11.4 Å². The molecule has 11 nitrogen and oxygen atoms in total. The molecule has 0 saturated heterocycles. The van der Waals surface area contributed by atoms with Crippen LogP contribution >= 0.6 is 11.8 Å². The third kappa shape index (κ3) is 6.40. The van der Waals surface area contributed by atoms with Gasteiger partial charge in [-0.1, -0.05) is 12.1 Å². The van der Waals surface area contributed by atoms with Gasteiger partial charge in [0.2, 0.25) is 5.91 Å². The van der Waals surface area contributed by atoms with Crippen LogP contribution in [0.1, 0.15) is 33.6 Å². The van der Waals surface area contributed by atoms with Gasteiger partial charge in [-0.2, -0.15) is 9.78 Å². The van der Waals surface area contributed by atoms with Gasteiger partial charge < -0.3 is 15.2 Å². The minimum Gasteiger partial charge on any atom is -0.463 e. The van der Waals surface area contributed by atoms with Crippen molar-refractivity contribution >= 4 is 52.3 Å². The van der Waals surface area contributed by atoms with Gasteiger partial charge in [-0.25, -0.2) is 24.5 Å². The molecule has 0 atom stereocenters. The van der Waals surface area contributed by atoms with Crippen molar-refractivity contribution in [3.8, 4) is 11.4 Å². The van der Waals surface area contributed by atoms with Crippen molar-refractivity contribution in [1.29, 1.82) is 0 Å². The van der Waals surface area contributed by atoms with Gasteiger partial charge in [-0.05, 0) is 70.0 Å². The highest BCUT2D eigenvalue weighted by Crippen LogP contribution is 2.31. The van der Waals surface area contributed by atoms with Gasteiger partial charge in [0.05, 0.1) is 23.2 Å². The number of hydrogen-bond acceptors (Lipinski definition) is 8. The first-order valence-corrected chi connectivity index (χ1v) is 13.7. The van der Waals surface area contributed by atoms with E-state index in [1.54, 1.807) is 51.2 Å². The van der Waals surface area contributed by atoms with Crippen LogP contribution in [0, 0.1) is 0 Å². The second-order valence-electron chi connectivity index (χ2n) is 10.3. The van der Waals surface area contributed by atoms with Gasteiger partial charge in [0.25, 0.3) is 0 Å². The van der Waals surface area contributed by atoms with Gasteiger partial charge in [0.15, 0.2) is 5.82 Å². The molecule has 1 aliphatic carbocycles. The Bertz CT molecular complexity index is 1590. The van der Waals surface area contributed by atoms with E-state index in [0.717, 1.165) is 28.0 Å².